The number of ether oxygens (including phenoxy) is 1. The van der Waals surface area contributed by atoms with E-state index in [0.29, 0.717) is 23.8 Å². The number of nitrogens with one attached hydrogen (secondary N) is 1. The van der Waals surface area contributed by atoms with Crippen LogP contribution < -0.4 is 10.1 Å². The Morgan fingerprint density at radius 1 is 1.25 bits per heavy atom. The summed E-state index contributed by atoms with van der Waals surface area (Å²) in [7, 11) is 1.54. The Morgan fingerprint density at radius 2 is 1.93 bits per heavy atom. The van der Waals surface area contributed by atoms with Crippen LogP contribution in [-0.2, 0) is 4.79 Å². The second kappa shape index (κ2) is 6.22. The molecule has 2 heterocycles. The summed E-state index contributed by atoms with van der Waals surface area (Å²) < 4.78 is 11.2. The molecule has 0 spiro atoms. The van der Waals surface area contributed by atoms with Gasteiger partial charge < -0.3 is 14.5 Å². The number of furan rings is 1. The molecule has 2 aliphatic rings. The minimum Gasteiger partial charge on any atom is -0.468 e. The molecule has 1 aliphatic heterocycles. The largest absolute Gasteiger partial charge is 0.468 e. The maximum Gasteiger partial charge on any atom is 0.289 e. The second-order valence-corrected chi connectivity index (χ2v) is 8.20. The summed E-state index contributed by atoms with van der Waals surface area (Å²) in [6, 6.07) is 6.38. The normalized spacial score (nSPS) is 20.3. The van der Waals surface area contributed by atoms with Gasteiger partial charge in [-0.1, -0.05) is 26.0 Å². The molecule has 0 bridgehead atoms. The fourth-order valence-corrected chi connectivity index (χ4v) is 4.32. The predicted octanol–water partition coefficient (Wildman–Crippen LogP) is 4.71. The van der Waals surface area contributed by atoms with Gasteiger partial charge in [0.1, 0.15) is 0 Å². The molecular formula is C21H22N2O5. The zero-order chi connectivity index (χ0) is 20.2. The molecule has 1 unspecified atom stereocenters. The van der Waals surface area contributed by atoms with E-state index in [0.717, 1.165) is 28.8 Å². The fourth-order valence-electron chi connectivity index (χ4n) is 4.32. The minimum absolute atomic E-state index is 0.0183. The van der Waals surface area contributed by atoms with Crippen molar-refractivity contribution >= 4 is 17.4 Å². The standard InChI is InChI=1S/C21H22N2O5/c1-11-16-17(12-5-7-13(8-6-12)23(25)26)18-14(9-21(2,3)10-15(18)24)22-19(16)28-20(11)27-4/h5-8,17,22H,9-10H2,1-4H3. The first-order chi connectivity index (χ1) is 13.2. The Morgan fingerprint density at radius 3 is 2.54 bits per heavy atom. The van der Waals surface area contributed by atoms with Crippen LogP contribution in [0.4, 0.5) is 11.6 Å². The zero-order valence-electron chi connectivity index (χ0n) is 16.3. The van der Waals surface area contributed by atoms with E-state index in [9.17, 15) is 14.9 Å². The molecule has 0 radical (unpaired) electrons. The zero-order valence-corrected chi connectivity index (χ0v) is 16.3. The highest BCUT2D eigenvalue weighted by molar-refractivity contribution is 6.01. The first-order valence-corrected chi connectivity index (χ1v) is 9.17. The number of nitro groups is 1. The summed E-state index contributed by atoms with van der Waals surface area (Å²) in [5.74, 6) is 0.716. The first kappa shape index (κ1) is 18.3. The average molecular weight is 382 g/mol. The quantitative estimate of drug-likeness (QED) is 0.610. The van der Waals surface area contributed by atoms with Gasteiger partial charge in [0.25, 0.3) is 11.6 Å². The van der Waals surface area contributed by atoms with Gasteiger partial charge >= 0.3 is 0 Å². The highest BCUT2D eigenvalue weighted by Crippen LogP contribution is 2.52. The van der Waals surface area contributed by atoms with Gasteiger partial charge in [-0.25, -0.2) is 0 Å². The monoisotopic (exact) mass is 382 g/mol. The number of allylic oxidation sites excluding steroid dienone is 2. The molecule has 7 nitrogen and oxygen atoms in total. The third-order valence-corrected chi connectivity index (χ3v) is 5.53. The Balaban J connectivity index is 1.92. The van der Waals surface area contributed by atoms with Gasteiger partial charge in [0.2, 0.25) is 5.88 Å². The van der Waals surface area contributed by atoms with E-state index in [-0.39, 0.29) is 22.8 Å². The number of hydrogen-bond acceptors (Lipinski definition) is 6. The molecule has 4 rings (SSSR count). The van der Waals surface area contributed by atoms with Crippen LogP contribution in [-0.4, -0.2) is 17.8 Å². The first-order valence-electron chi connectivity index (χ1n) is 9.17. The minimum atomic E-state index is -0.428. The van der Waals surface area contributed by atoms with E-state index in [4.69, 9.17) is 9.15 Å². The summed E-state index contributed by atoms with van der Waals surface area (Å²) in [5, 5.41) is 14.3. The number of fused-ring (bicyclic) bond motifs is 1. The molecule has 1 N–H and O–H groups in total. The second-order valence-electron chi connectivity index (χ2n) is 8.20. The fraction of sp³-hybridized carbons (Fsp3) is 0.381. The third kappa shape index (κ3) is 2.78. The number of carbonyl (C=O) groups excluding carboxylic acids is 1. The van der Waals surface area contributed by atoms with E-state index >= 15 is 0 Å². The maximum absolute atomic E-state index is 13.1. The molecule has 0 saturated heterocycles. The van der Waals surface area contributed by atoms with Crippen LogP contribution in [0.5, 0.6) is 5.95 Å². The van der Waals surface area contributed by atoms with Crippen molar-refractivity contribution in [3.8, 4) is 5.95 Å². The molecule has 2 aromatic rings. The predicted molar refractivity (Wildman–Crippen MR) is 104 cm³/mol. The Hall–Kier alpha value is -3.09. The number of rotatable bonds is 3. The van der Waals surface area contributed by atoms with Gasteiger partial charge in [0.05, 0.1) is 12.0 Å². The van der Waals surface area contributed by atoms with E-state index in [2.05, 4.69) is 19.2 Å². The van der Waals surface area contributed by atoms with E-state index in [1.165, 1.54) is 12.1 Å². The van der Waals surface area contributed by atoms with Crippen molar-refractivity contribution < 1.29 is 18.9 Å². The van der Waals surface area contributed by atoms with Gasteiger partial charge in [-0.2, -0.15) is 0 Å². The van der Waals surface area contributed by atoms with Crippen LogP contribution in [0.1, 0.15) is 49.3 Å². The number of carbonyl (C=O) groups is 1. The smallest absolute Gasteiger partial charge is 0.289 e. The lowest BCUT2D eigenvalue weighted by atomic mass is 9.69. The number of ketones is 1. The lowest BCUT2D eigenvalue weighted by Crippen LogP contribution is -2.33. The Kier molecular flexibility index (Phi) is 4.06. The average Bonchev–Trinajstić information content (AvgIpc) is 2.94. The van der Waals surface area contributed by atoms with Crippen LogP contribution in [0.3, 0.4) is 0 Å². The van der Waals surface area contributed by atoms with Crippen LogP contribution in [0.2, 0.25) is 0 Å². The highest BCUT2D eigenvalue weighted by Gasteiger charge is 2.43. The van der Waals surface area contributed by atoms with Crippen molar-refractivity contribution in [3.63, 3.8) is 0 Å². The molecular weight excluding hydrogens is 360 g/mol. The molecule has 7 heteroatoms. The van der Waals surface area contributed by atoms with E-state index < -0.39 is 4.92 Å². The summed E-state index contributed by atoms with van der Waals surface area (Å²) in [6.07, 6.45) is 1.18. The number of nitrogens with zero attached hydrogens (tertiary/aromatic N) is 1. The maximum atomic E-state index is 13.1. The molecule has 1 atom stereocenters. The van der Waals surface area contributed by atoms with Crippen LogP contribution in [0.15, 0.2) is 40.0 Å². The Bertz CT molecular complexity index is 1010. The van der Waals surface area contributed by atoms with E-state index in [1.54, 1.807) is 19.2 Å². The molecule has 28 heavy (non-hydrogen) atoms. The number of Topliss-reactive ketones (excluding diaryl/α,β-unsaturated/α-hetero) is 1. The molecule has 0 amide bonds. The van der Waals surface area contributed by atoms with Gasteiger partial charge in [-0.15, -0.1) is 0 Å². The number of non-ortho nitro benzene ring substituents is 1. The summed E-state index contributed by atoms with van der Waals surface area (Å²) in [4.78, 5) is 23.7. The topological polar surface area (TPSA) is 94.6 Å². The summed E-state index contributed by atoms with van der Waals surface area (Å²) in [5.41, 5.74) is 3.92. The number of nitro benzene ring substituents is 1. The molecule has 1 aromatic heterocycles. The lowest BCUT2D eigenvalue weighted by Gasteiger charge is -2.38. The van der Waals surface area contributed by atoms with Crippen LogP contribution in [0, 0.1) is 22.5 Å². The van der Waals surface area contributed by atoms with Gasteiger partial charge in [0.15, 0.2) is 5.78 Å². The van der Waals surface area contributed by atoms with Gasteiger partial charge in [-0.3, -0.25) is 14.9 Å². The summed E-state index contributed by atoms with van der Waals surface area (Å²) >= 11 is 0. The lowest BCUT2D eigenvalue weighted by molar-refractivity contribution is -0.384. The molecule has 146 valence electrons. The number of methoxy groups -OCH3 is 1. The van der Waals surface area contributed by atoms with Gasteiger partial charge in [0, 0.05) is 46.9 Å². The van der Waals surface area contributed by atoms with Crippen molar-refractivity contribution in [2.75, 3.05) is 12.4 Å². The van der Waals surface area contributed by atoms with Crippen molar-refractivity contribution in [3.05, 3.63) is 62.3 Å². The van der Waals surface area contributed by atoms with Crippen molar-refractivity contribution in [1.82, 2.24) is 0 Å². The SMILES string of the molecule is COc1oc2c(c1C)C(c1ccc([N+](=O)[O-])cc1)C1=C(CC(C)(C)CC1=O)N2. The molecule has 1 aromatic carbocycles. The molecule has 0 fully saturated rings. The van der Waals surface area contributed by atoms with Crippen molar-refractivity contribution in [2.45, 2.75) is 39.5 Å². The third-order valence-electron chi connectivity index (χ3n) is 5.53. The van der Waals surface area contributed by atoms with Gasteiger partial charge in [-0.05, 0) is 24.3 Å². The number of anilines is 1. The highest BCUT2D eigenvalue weighted by atomic mass is 16.6. The Labute approximate surface area is 162 Å². The number of benzene rings is 1. The summed E-state index contributed by atoms with van der Waals surface area (Å²) in [6.45, 7) is 6.03. The number of hydrogen-bond donors (Lipinski definition) is 1. The van der Waals surface area contributed by atoms with Crippen molar-refractivity contribution in [2.24, 2.45) is 5.41 Å². The van der Waals surface area contributed by atoms with Crippen LogP contribution in [0.25, 0.3) is 0 Å². The molecule has 1 aliphatic carbocycles. The molecule has 0 saturated carbocycles. The van der Waals surface area contributed by atoms with E-state index in [1.807, 2.05) is 6.92 Å². The van der Waals surface area contributed by atoms with Crippen molar-refractivity contribution in [1.29, 1.82) is 0 Å². The van der Waals surface area contributed by atoms with Crippen LogP contribution >= 0.6 is 0 Å².